The summed E-state index contributed by atoms with van der Waals surface area (Å²) in [5.41, 5.74) is 2.81. The van der Waals surface area contributed by atoms with Crippen LogP contribution in [0, 0.1) is 0 Å². The number of nitrogens with zero attached hydrogens (tertiary/aromatic N) is 3. The van der Waals surface area contributed by atoms with Gasteiger partial charge in [-0.2, -0.15) is 0 Å². The number of halogens is 1. The Morgan fingerprint density at radius 2 is 1.68 bits per heavy atom. The second-order valence-electron chi connectivity index (χ2n) is 6.68. The van der Waals surface area contributed by atoms with E-state index in [9.17, 15) is 9.59 Å². The maximum Gasteiger partial charge on any atom is 0.277 e. The van der Waals surface area contributed by atoms with Crippen LogP contribution in [-0.4, -0.2) is 46.2 Å². The molecule has 0 spiro atoms. The number of amides is 2. The number of carbonyl (C=O) groups excluding carboxylic acids is 2. The van der Waals surface area contributed by atoms with E-state index in [1.54, 1.807) is 36.7 Å². The van der Waals surface area contributed by atoms with Gasteiger partial charge in [-0.15, -0.1) is 0 Å². The zero-order valence-corrected chi connectivity index (χ0v) is 16.9. The lowest BCUT2D eigenvalue weighted by atomic mass is 10.0. The van der Waals surface area contributed by atoms with Gasteiger partial charge in [0.2, 0.25) is 0 Å². The van der Waals surface area contributed by atoms with Crippen LogP contribution in [0.15, 0.2) is 54.5 Å². The molecule has 0 saturated heterocycles. The monoisotopic (exact) mass is 397 g/mol. The molecule has 0 unspecified atom stereocenters. The minimum absolute atomic E-state index is 0.214. The fraction of sp³-hybridized carbons (Fsp3) is 0.318. The molecule has 0 N–H and O–H groups in total. The number of likely N-dealkylation sites (N-methyl/N-ethyl adjacent to an activating group) is 1. The van der Waals surface area contributed by atoms with Gasteiger partial charge in [0, 0.05) is 37.1 Å². The first kappa shape index (κ1) is 20.1. The van der Waals surface area contributed by atoms with E-state index in [2.05, 4.69) is 4.98 Å². The maximum atomic E-state index is 13.1. The third kappa shape index (κ3) is 4.09. The molecule has 0 atom stereocenters. The predicted octanol–water partition coefficient (Wildman–Crippen LogP) is 3.79. The molecule has 0 saturated carbocycles. The van der Waals surface area contributed by atoms with Crippen LogP contribution >= 0.6 is 11.6 Å². The van der Waals surface area contributed by atoms with Crippen molar-refractivity contribution in [2.24, 2.45) is 0 Å². The van der Waals surface area contributed by atoms with Crippen molar-refractivity contribution in [3.63, 3.8) is 0 Å². The SMILES string of the molecule is CCCN1C(=O)C(c2ccc(Cl)cc2)=C(N(CC)CCc2ccncc2)C1=O. The Morgan fingerprint density at radius 3 is 2.29 bits per heavy atom. The highest BCUT2D eigenvalue weighted by atomic mass is 35.5. The summed E-state index contributed by atoms with van der Waals surface area (Å²) >= 11 is 6.01. The molecule has 0 radical (unpaired) electrons. The number of hydrogen-bond donors (Lipinski definition) is 0. The maximum absolute atomic E-state index is 13.1. The molecule has 0 aliphatic carbocycles. The van der Waals surface area contributed by atoms with Crippen molar-refractivity contribution in [2.75, 3.05) is 19.6 Å². The molecule has 0 bridgehead atoms. The number of hydrogen-bond acceptors (Lipinski definition) is 4. The van der Waals surface area contributed by atoms with Crippen LogP contribution in [0.1, 0.15) is 31.4 Å². The largest absolute Gasteiger partial charge is 0.366 e. The first-order valence-electron chi connectivity index (χ1n) is 9.57. The predicted molar refractivity (Wildman–Crippen MR) is 111 cm³/mol. The van der Waals surface area contributed by atoms with Crippen molar-refractivity contribution < 1.29 is 9.59 Å². The summed E-state index contributed by atoms with van der Waals surface area (Å²) in [6, 6.07) is 11.0. The van der Waals surface area contributed by atoms with Gasteiger partial charge in [0.25, 0.3) is 11.8 Å². The lowest BCUT2D eigenvalue weighted by Gasteiger charge is -2.24. The van der Waals surface area contributed by atoms with Crippen molar-refractivity contribution >= 4 is 29.0 Å². The van der Waals surface area contributed by atoms with Gasteiger partial charge in [-0.05, 0) is 55.2 Å². The summed E-state index contributed by atoms with van der Waals surface area (Å²) in [5, 5.41) is 0.595. The quantitative estimate of drug-likeness (QED) is 0.636. The standard InChI is InChI=1S/C22H24ClN3O2/c1-3-14-26-21(27)19(17-5-7-18(23)8-6-17)20(22(26)28)25(4-2)15-11-16-9-12-24-13-10-16/h5-10,12-13H,3-4,11,14-15H2,1-2H3. The van der Waals surface area contributed by atoms with Crippen molar-refractivity contribution in [3.8, 4) is 0 Å². The van der Waals surface area contributed by atoms with Crippen LogP contribution in [-0.2, 0) is 16.0 Å². The molecule has 1 aliphatic rings. The number of imide groups is 1. The number of rotatable bonds is 8. The molecule has 6 heteroatoms. The average molecular weight is 398 g/mol. The third-order valence-electron chi connectivity index (χ3n) is 4.84. The van der Waals surface area contributed by atoms with Gasteiger partial charge in [-0.3, -0.25) is 19.5 Å². The summed E-state index contributed by atoms with van der Waals surface area (Å²) in [6.07, 6.45) is 5.01. The first-order chi connectivity index (χ1) is 13.6. The Balaban J connectivity index is 1.98. The molecule has 0 fully saturated rings. The first-order valence-corrected chi connectivity index (χ1v) is 9.94. The van der Waals surface area contributed by atoms with Crippen LogP contribution < -0.4 is 0 Å². The van der Waals surface area contributed by atoms with E-state index >= 15 is 0 Å². The zero-order chi connectivity index (χ0) is 20.1. The highest BCUT2D eigenvalue weighted by molar-refractivity contribution is 6.36. The summed E-state index contributed by atoms with van der Waals surface area (Å²) in [4.78, 5) is 33.6. The second kappa shape index (κ2) is 9.02. The number of aromatic nitrogens is 1. The fourth-order valence-corrected chi connectivity index (χ4v) is 3.53. The van der Waals surface area contributed by atoms with Crippen LogP contribution in [0.3, 0.4) is 0 Å². The van der Waals surface area contributed by atoms with Gasteiger partial charge >= 0.3 is 0 Å². The molecule has 1 aliphatic heterocycles. The summed E-state index contributed by atoms with van der Waals surface area (Å²) in [6.45, 7) is 5.66. The molecule has 2 amide bonds. The second-order valence-corrected chi connectivity index (χ2v) is 7.11. The summed E-state index contributed by atoms with van der Waals surface area (Å²) in [7, 11) is 0. The Kier molecular flexibility index (Phi) is 6.47. The van der Waals surface area contributed by atoms with E-state index in [-0.39, 0.29) is 11.8 Å². The fourth-order valence-electron chi connectivity index (χ4n) is 3.40. The normalized spacial score (nSPS) is 14.2. The number of benzene rings is 1. The molecule has 1 aromatic carbocycles. The number of pyridine rings is 1. The molecular weight excluding hydrogens is 374 g/mol. The average Bonchev–Trinajstić information content (AvgIpc) is 2.95. The lowest BCUT2D eigenvalue weighted by Crippen LogP contribution is -2.36. The van der Waals surface area contributed by atoms with Crippen molar-refractivity contribution in [2.45, 2.75) is 26.7 Å². The van der Waals surface area contributed by atoms with E-state index in [4.69, 9.17) is 11.6 Å². The number of carbonyl (C=O) groups is 2. The van der Waals surface area contributed by atoms with Crippen LogP contribution in [0.4, 0.5) is 0 Å². The van der Waals surface area contributed by atoms with Gasteiger partial charge in [0.1, 0.15) is 5.70 Å². The van der Waals surface area contributed by atoms with Gasteiger partial charge in [-0.25, -0.2) is 0 Å². The molecule has 2 heterocycles. The van der Waals surface area contributed by atoms with E-state index in [1.165, 1.54) is 4.90 Å². The van der Waals surface area contributed by atoms with Crippen molar-refractivity contribution in [1.82, 2.24) is 14.8 Å². The molecule has 28 heavy (non-hydrogen) atoms. The van der Waals surface area contributed by atoms with E-state index < -0.39 is 0 Å². The van der Waals surface area contributed by atoms with Crippen LogP contribution in [0.5, 0.6) is 0 Å². The highest BCUT2D eigenvalue weighted by Gasteiger charge is 2.40. The van der Waals surface area contributed by atoms with Crippen molar-refractivity contribution in [1.29, 1.82) is 0 Å². The Bertz CT molecular complexity index is 878. The minimum atomic E-state index is -0.230. The van der Waals surface area contributed by atoms with E-state index in [0.717, 1.165) is 24.0 Å². The topological polar surface area (TPSA) is 53.5 Å². The zero-order valence-electron chi connectivity index (χ0n) is 16.2. The minimum Gasteiger partial charge on any atom is -0.366 e. The Hall–Kier alpha value is -2.66. The Labute approximate surface area is 170 Å². The smallest absolute Gasteiger partial charge is 0.277 e. The highest BCUT2D eigenvalue weighted by Crippen LogP contribution is 2.32. The lowest BCUT2D eigenvalue weighted by molar-refractivity contribution is -0.137. The molecule has 1 aromatic heterocycles. The van der Waals surface area contributed by atoms with Gasteiger partial charge in [0.15, 0.2) is 0 Å². The van der Waals surface area contributed by atoms with Gasteiger partial charge in [0.05, 0.1) is 5.57 Å². The molecule has 2 aromatic rings. The summed E-state index contributed by atoms with van der Waals surface area (Å²) < 4.78 is 0. The summed E-state index contributed by atoms with van der Waals surface area (Å²) in [5.74, 6) is -0.445. The van der Waals surface area contributed by atoms with E-state index in [0.29, 0.717) is 35.9 Å². The molecule has 3 rings (SSSR count). The van der Waals surface area contributed by atoms with Crippen LogP contribution in [0.25, 0.3) is 5.57 Å². The van der Waals surface area contributed by atoms with E-state index in [1.807, 2.05) is 30.9 Å². The molecular formula is C22H24ClN3O2. The van der Waals surface area contributed by atoms with Gasteiger partial charge < -0.3 is 4.90 Å². The molecule has 146 valence electrons. The van der Waals surface area contributed by atoms with Crippen LogP contribution in [0.2, 0.25) is 5.02 Å². The third-order valence-corrected chi connectivity index (χ3v) is 5.09. The Morgan fingerprint density at radius 1 is 1.00 bits per heavy atom. The van der Waals surface area contributed by atoms with Gasteiger partial charge in [-0.1, -0.05) is 30.7 Å². The molecule has 5 nitrogen and oxygen atoms in total. The van der Waals surface area contributed by atoms with Crippen molar-refractivity contribution in [3.05, 3.63) is 70.6 Å².